The fourth-order valence-electron chi connectivity index (χ4n) is 2.42. The van der Waals surface area contributed by atoms with Gasteiger partial charge in [0.15, 0.2) is 11.6 Å². The number of rotatable bonds is 3. The van der Waals surface area contributed by atoms with Gasteiger partial charge in [-0.15, -0.1) is 10.2 Å². The summed E-state index contributed by atoms with van der Waals surface area (Å²) < 4.78 is 7.98. The standard InChI is InChI=1S/C15H21N5O/c1-15(2,3)21-10-12-18-19-14-13(17-7-8-20(12)14)11-5-4-6-16-9-11/h4-6,9,13,17H,7-8,10H2,1-3H3. The molecular weight excluding hydrogens is 266 g/mol. The number of ether oxygens (including phenoxy) is 1. The molecule has 1 aliphatic heterocycles. The SMILES string of the molecule is CC(C)(C)OCc1nnc2n1CCNC2c1cccnc1. The first-order valence-electron chi connectivity index (χ1n) is 7.24. The lowest BCUT2D eigenvalue weighted by molar-refractivity contribution is -0.0196. The summed E-state index contributed by atoms with van der Waals surface area (Å²) >= 11 is 0. The summed E-state index contributed by atoms with van der Waals surface area (Å²) in [4.78, 5) is 4.19. The molecule has 1 N–H and O–H groups in total. The van der Waals surface area contributed by atoms with Crippen LogP contribution in [-0.2, 0) is 17.9 Å². The number of aromatic nitrogens is 4. The van der Waals surface area contributed by atoms with Crippen LogP contribution in [0.4, 0.5) is 0 Å². The largest absolute Gasteiger partial charge is 0.368 e. The number of nitrogens with zero attached hydrogens (tertiary/aromatic N) is 4. The van der Waals surface area contributed by atoms with Gasteiger partial charge in [-0.2, -0.15) is 0 Å². The van der Waals surface area contributed by atoms with Crippen LogP contribution in [0.25, 0.3) is 0 Å². The molecule has 0 fully saturated rings. The molecule has 112 valence electrons. The normalized spacial score (nSPS) is 18.5. The Bertz CT molecular complexity index is 602. The van der Waals surface area contributed by atoms with Crippen LogP contribution in [0, 0.1) is 0 Å². The minimum atomic E-state index is -0.179. The van der Waals surface area contributed by atoms with Crippen molar-refractivity contribution in [3.8, 4) is 0 Å². The predicted molar refractivity (Wildman–Crippen MR) is 78.6 cm³/mol. The second-order valence-electron chi connectivity index (χ2n) is 6.20. The van der Waals surface area contributed by atoms with Crippen molar-refractivity contribution in [3.63, 3.8) is 0 Å². The third-order valence-corrected chi connectivity index (χ3v) is 3.45. The minimum Gasteiger partial charge on any atom is -0.368 e. The molecule has 0 spiro atoms. The van der Waals surface area contributed by atoms with Gasteiger partial charge in [0.25, 0.3) is 0 Å². The molecule has 0 saturated heterocycles. The second-order valence-corrected chi connectivity index (χ2v) is 6.20. The fourth-order valence-corrected chi connectivity index (χ4v) is 2.42. The predicted octanol–water partition coefficient (Wildman–Crippen LogP) is 1.68. The zero-order valence-electron chi connectivity index (χ0n) is 12.7. The van der Waals surface area contributed by atoms with E-state index in [0.717, 1.165) is 30.3 Å². The van der Waals surface area contributed by atoms with E-state index >= 15 is 0 Å². The topological polar surface area (TPSA) is 64.9 Å². The summed E-state index contributed by atoms with van der Waals surface area (Å²) in [6, 6.07) is 4.04. The molecule has 1 atom stereocenters. The molecule has 3 heterocycles. The molecule has 0 amide bonds. The maximum absolute atomic E-state index is 5.82. The highest BCUT2D eigenvalue weighted by atomic mass is 16.5. The molecular formula is C15H21N5O. The molecule has 6 heteroatoms. The van der Waals surface area contributed by atoms with E-state index in [4.69, 9.17) is 4.74 Å². The van der Waals surface area contributed by atoms with Gasteiger partial charge >= 0.3 is 0 Å². The summed E-state index contributed by atoms with van der Waals surface area (Å²) in [5.74, 6) is 1.82. The number of pyridine rings is 1. The second kappa shape index (κ2) is 5.54. The molecule has 2 aromatic rings. The van der Waals surface area contributed by atoms with Crippen molar-refractivity contribution in [1.82, 2.24) is 25.1 Å². The maximum Gasteiger partial charge on any atom is 0.159 e. The van der Waals surface area contributed by atoms with Crippen molar-refractivity contribution in [2.45, 2.75) is 45.6 Å². The highest BCUT2D eigenvalue weighted by Crippen LogP contribution is 2.24. The van der Waals surface area contributed by atoms with E-state index < -0.39 is 0 Å². The lowest BCUT2D eigenvalue weighted by Gasteiger charge is -2.26. The van der Waals surface area contributed by atoms with Crippen molar-refractivity contribution in [2.24, 2.45) is 0 Å². The summed E-state index contributed by atoms with van der Waals surface area (Å²) in [5.41, 5.74) is 0.927. The maximum atomic E-state index is 5.82. The van der Waals surface area contributed by atoms with Crippen LogP contribution < -0.4 is 5.32 Å². The Morgan fingerprint density at radius 2 is 2.24 bits per heavy atom. The number of hydrogen-bond acceptors (Lipinski definition) is 5. The minimum absolute atomic E-state index is 0.0448. The Balaban J connectivity index is 1.85. The third-order valence-electron chi connectivity index (χ3n) is 3.45. The first-order valence-corrected chi connectivity index (χ1v) is 7.24. The van der Waals surface area contributed by atoms with E-state index in [9.17, 15) is 0 Å². The monoisotopic (exact) mass is 287 g/mol. The molecule has 0 saturated carbocycles. The van der Waals surface area contributed by atoms with Crippen molar-refractivity contribution in [3.05, 3.63) is 41.7 Å². The van der Waals surface area contributed by atoms with E-state index in [1.165, 1.54) is 0 Å². The van der Waals surface area contributed by atoms with Crippen LogP contribution >= 0.6 is 0 Å². The van der Waals surface area contributed by atoms with E-state index in [0.29, 0.717) is 6.61 Å². The zero-order chi connectivity index (χ0) is 14.9. The van der Waals surface area contributed by atoms with Gasteiger partial charge in [0, 0.05) is 25.5 Å². The Labute approximate surface area is 124 Å². The molecule has 21 heavy (non-hydrogen) atoms. The van der Waals surface area contributed by atoms with Crippen molar-refractivity contribution < 1.29 is 4.74 Å². The molecule has 2 aromatic heterocycles. The quantitative estimate of drug-likeness (QED) is 0.930. The summed E-state index contributed by atoms with van der Waals surface area (Å²) in [6.07, 6.45) is 3.65. The zero-order valence-corrected chi connectivity index (χ0v) is 12.7. The van der Waals surface area contributed by atoms with Crippen LogP contribution in [0.2, 0.25) is 0 Å². The Morgan fingerprint density at radius 3 is 2.95 bits per heavy atom. The van der Waals surface area contributed by atoms with Crippen LogP contribution in [-0.4, -0.2) is 31.9 Å². The van der Waals surface area contributed by atoms with Gasteiger partial charge in [-0.1, -0.05) is 6.07 Å². The van der Waals surface area contributed by atoms with Crippen LogP contribution in [0.15, 0.2) is 24.5 Å². The van der Waals surface area contributed by atoms with Crippen LogP contribution in [0.3, 0.4) is 0 Å². The van der Waals surface area contributed by atoms with Crippen molar-refractivity contribution in [1.29, 1.82) is 0 Å². The average Bonchev–Trinajstić information content (AvgIpc) is 2.88. The van der Waals surface area contributed by atoms with Gasteiger partial charge in [0.1, 0.15) is 6.61 Å². The molecule has 1 aliphatic rings. The summed E-state index contributed by atoms with van der Waals surface area (Å²) in [6.45, 7) is 8.35. The Hall–Kier alpha value is -1.79. The third kappa shape index (κ3) is 3.11. The molecule has 0 aromatic carbocycles. The highest BCUT2D eigenvalue weighted by Gasteiger charge is 2.26. The van der Waals surface area contributed by atoms with Crippen LogP contribution in [0.1, 0.15) is 44.0 Å². The number of fused-ring (bicyclic) bond motifs is 1. The number of nitrogens with one attached hydrogen (secondary N) is 1. The molecule has 3 rings (SSSR count). The van der Waals surface area contributed by atoms with Gasteiger partial charge in [-0.05, 0) is 32.4 Å². The van der Waals surface area contributed by atoms with Gasteiger partial charge in [-0.3, -0.25) is 4.98 Å². The Kier molecular flexibility index (Phi) is 3.73. The van der Waals surface area contributed by atoms with Gasteiger partial charge in [0.05, 0.1) is 11.6 Å². The van der Waals surface area contributed by atoms with Crippen LogP contribution in [0.5, 0.6) is 0 Å². The lowest BCUT2D eigenvalue weighted by Crippen LogP contribution is -2.35. The molecule has 1 unspecified atom stereocenters. The molecule has 0 bridgehead atoms. The van der Waals surface area contributed by atoms with E-state index in [-0.39, 0.29) is 11.6 Å². The summed E-state index contributed by atoms with van der Waals surface area (Å²) in [7, 11) is 0. The average molecular weight is 287 g/mol. The molecule has 6 nitrogen and oxygen atoms in total. The van der Waals surface area contributed by atoms with E-state index in [2.05, 4.69) is 31.1 Å². The number of hydrogen-bond donors (Lipinski definition) is 1. The highest BCUT2D eigenvalue weighted by molar-refractivity contribution is 5.23. The summed E-state index contributed by atoms with van der Waals surface area (Å²) in [5, 5.41) is 12.1. The van der Waals surface area contributed by atoms with Gasteiger partial charge < -0.3 is 14.6 Å². The Morgan fingerprint density at radius 1 is 1.38 bits per heavy atom. The van der Waals surface area contributed by atoms with Gasteiger partial charge in [-0.25, -0.2) is 0 Å². The first kappa shape index (κ1) is 14.2. The van der Waals surface area contributed by atoms with E-state index in [1.807, 2.05) is 33.0 Å². The first-order chi connectivity index (χ1) is 10.0. The fraction of sp³-hybridized carbons (Fsp3) is 0.533. The lowest BCUT2D eigenvalue weighted by atomic mass is 10.1. The molecule has 0 aliphatic carbocycles. The van der Waals surface area contributed by atoms with Gasteiger partial charge in [0.2, 0.25) is 0 Å². The van der Waals surface area contributed by atoms with Crippen molar-refractivity contribution in [2.75, 3.05) is 6.54 Å². The van der Waals surface area contributed by atoms with Crippen molar-refractivity contribution >= 4 is 0 Å². The smallest absolute Gasteiger partial charge is 0.159 e. The molecule has 0 radical (unpaired) electrons. The van der Waals surface area contributed by atoms with E-state index in [1.54, 1.807) is 6.20 Å².